The summed E-state index contributed by atoms with van der Waals surface area (Å²) in [5, 5.41) is 11.9. The van der Waals surface area contributed by atoms with E-state index < -0.39 is 17.8 Å². The van der Waals surface area contributed by atoms with Gasteiger partial charge in [0.25, 0.3) is 0 Å². The monoisotopic (exact) mass is 260 g/mol. The molecule has 19 heavy (non-hydrogen) atoms. The van der Waals surface area contributed by atoms with Gasteiger partial charge in [-0.15, -0.1) is 0 Å². The number of carboxylic acid groups (broad SMARTS) is 1. The van der Waals surface area contributed by atoms with Crippen molar-refractivity contribution in [3.8, 4) is 0 Å². The van der Waals surface area contributed by atoms with Crippen molar-refractivity contribution in [2.75, 3.05) is 5.32 Å². The summed E-state index contributed by atoms with van der Waals surface area (Å²) in [4.78, 5) is 27.3. The van der Waals surface area contributed by atoms with Crippen LogP contribution in [0.15, 0.2) is 30.6 Å². The number of nitrogens with zero attached hydrogens (tertiary/aromatic N) is 1. The molecule has 1 aromatic heterocycles. The first-order valence-corrected chi connectivity index (χ1v) is 6.19. The topological polar surface area (TPSA) is 79.3 Å². The molecular weight excluding hydrogens is 244 g/mol. The highest BCUT2D eigenvalue weighted by Crippen LogP contribution is 2.27. The Balaban J connectivity index is 2.13. The van der Waals surface area contributed by atoms with Crippen LogP contribution in [0.2, 0.25) is 0 Å². The van der Waals surface area contributed by atoms with E-state index in [0.29, 0.717) is 18.5 Å². The van der Waals surface area contributed by atoms with Crippen molar-refractivity contribution in [2.24, 2.45) is 11.8 Å². The fourth-order valence-corrected chi connectivity index (χ4v) is 2.22. The van der Waals surface area contributed by atoms with Crippen molar-refractivity contribution >= 4 is 17.6 Å². The van der Waals surface area contributed by atoms with Crippen LogP contribution >= 0.6 is 0 Å². The summed E-state index contributed by atoms with van der Waals surface area (Å²) in [6, 6.07) is 1.71. The molecule has 0 spiro atoms. The molecule has 0 radical (unpaired) electrons. The zero-order valence-electron chi connectivity index (χ0n) is 10.7. The maximum atomic E-state index is 12.2. The van der Waals surface area contributed by atoms with Crippen LogP contribution in [0.4, 0.5) is 5.69 Å². The highest BCUT2D eigenvalue weighted by Gasteiger charge is 2.33. The van der Waals surface area contributed by atoms with E-state index in [1.807, 2.05) is 19.1 Å². The van der Waals surface area contributed by atoms with Gasteiger partial charge in [-0.25, -0.2) is 0 Å². The lowest BCUT2D eigenvalue weighted by Gasteiger charge is -2.24. The van der Waals surface area contributed by atoms with Gasteiger partial charge in [0.05, 0.1) is 11.8 Å². The van der Waals surface area contributed by atoms with Gasteiger partial charge in [0.2, 0.25) is 5.91 Å². The highest BCUT2D eigenvalue weighted by molar-refractivity contribution is 5.95. The van der Waals surface area contributed by atoms with Gasteiger partial charge in [-0.3, -0.25) is 14.6 Å². The zero-order chi connectivity index (χ0) is 13.8. The van der Waals surface area contributed by atoms with Crippen LogP contribution in [0.1, 0.15) is 18.4 Å². The zero-order valence-corrected chi connectivity index (χ0v) is 10.7. The van der Waals surface area contributed by atoms with Gasteiger partial charge in [-0.1, -0.05) is 12.2 Å². The average molecular weight is 260 g/mol. The summed E-state index contributed by atoms with van der Waals surface area (Å²) in [7, 11) is 0. The number of nitrogens with one attached hydrogen (secondary N) is 1. The molecule has 2 unspecified atom stereocenters. The number of pyridine rings is 1. The van der Waals surface area contributed by atoms with Gasteiger partial charge in [-0.05, 0) is 31.4 Å². The minimum atomic E-state index is -0.920. The van der Waals surface area contributed by atoms with Crippen molar-refractivity contribution in [3.05, 3.63) is 36.2 Å². The molecule has 0 saturated heterocycles. The third-order valence-electron chi connectivity index (χ3n) is 3.36. The summed E-state index contributed by atoms with van der Waals surface area (Å²) in [6.45, 7) is 1.85. The molecule has 2 atom stereocenters. The standard InChI is InChI=1S/C14H16N2O3/c1-9-8-15-7-6-12(9)16-13(17)10-4-2-3-5-11(10)14(18)19/h2-3,6-8,10-11H,4-5H2,1H3,(H,18,19)(H,15,16,17). The van der Waals surface area contributed by atoms with Crippen molar-refractivity contribution in [2.45, 2.75) is 19.8 Å². The number of aromatic nitrogens is 1. The number of hydrogen-bond donors (Lipinski definition) is 2. The number of rotatable bonds is 3. The number of amides is 1. The molecule has 100 valence electrons. The van der Waals surface area contributed by atoms with E-state index in [2.05, 4.69) is 10.3 Å². The molecule has 0 saturated carbocycles. The van der Waals surface area contributed by atoms with Crippen molar-refractivity contribution < 1.29 is 14.7 Å². The molecule has 0 fully saturated rings. The van der Waals surface area contributed by atoms with E-state index >= 15 is 0 Å². The van der Waals surface area contributed by atoms with Crippen molar-refractivity contribution in [1.29, 1.82) is 0 Å². The number of allylic oxidation sites excluding steroid dienone is 2. The number of aliphatic carboxylic acids is 1. The number of carbonyl (C=O) groups is 2. The molecular formula is C14H16N2O3. The minimum Gasteiger partial charge on any atom is -0.481 e. The molecule has 5 heteroatoms. The SMILES string of the molecule is Cc1cnccc1NC(=O)C1CC=CCC1C(=O)O. The van der Waals surface area contributed by atoms with E-state index in [-0.39, 0.29) is 5.91 Å². The second kappa shape index (κ2) is 5.65. The molecule has 2 N–H and O–H groups in total. The predicted octanol–water partition coefficient (Wildman–Crippen LogP) is 2.00. The van der Waals surface area contributed by atoms with Gasteiger partial charge >= 0.3 is 5.97 Å². The van der Waals surface area contributed by atoms with Gasteiger partial charge in [0, 0.05) is 18.1 Å². The molecule has 2 rings (SSSR count). The molecule has 1 amide bonds. The van der Waals surface area contributed by atoms with Gasteiger partial charge < -0.3 is 10.4 Å². The summed E-state index contributed by atoms with van der Waals surface area (Å²) in [6.07, 6.45) is 7.81. The molecule has 1 aliphatic carbocycles. The average Bonchev–Trinajstić information content (AvgIpc) is 2.41. The van der Waals surface area contributed by atoms with Crippen molar-refractivity contribution in [1.82, 2.24) is 4.98 Å². The fourth-order valence-electron chi connectivity index (χ4n) is 2.22. The van der Waals surface area contributed by atoms with Crippen molar-refractivity contribution in [3.63, 3.8) is 0 Å². The number of carboxylic acids is 1. The second-order valence-corrected chi connectivity index (χ2v) is 4.67. The molecule has 0 aliphatic heterocycles. The quantitative estimate of drug-likeness (QED) is 0.815. The summed E-state index contributed by atoms with van der Waals surface area (Å²) >= 11 is 0. The number of anilines is 1. The van der Waals surface area contributed by atoms with Crippen LogP contribution < -0.4 is 5.32 Å². The minimum absolute atomic E-state index is 0.244. The first-order chi connectivity index (χ1) is 9.09. The lowest BCUT2D eigenvalue weighted by atomic mass is 9.82. The fraction of sp³-hybridized carbons (Fsp3) is 0.357. The molecule has 0 aromatic carbocycles. The largest absolute Gasteiger partial charge is 0.481 e. The summed E-state index contributed by atoms with van der Waals surface area (Å²) in [5.74, 6) is -2.33. The lowest BCUT2D eigenvalue weighted by molar-refractivity contribution is -0.146. The van der Waals surface area contributed by atoms with E-state index in [1.165, 1.54) is 0 Å². The van der Waals surface area contributed by atoms with Crippen LogP contribution in [0.3, 0.4) is 0 Å². The molecule has 0 bridgehead atoms. The summed E-state index contributed by atoms with van der Waals surface area (Å²) in [5.41, 5.74) is 1.53. The Hall–Kier alpha value is -2.17. The lowest BCUT2D eigenvalue weighted by Crippen LogP contribution is -2.34. The Morgan fingerprint density at radius 2 is 2.00 bits per heavy atom. The van der Waals surface area contributed by atoms with E-state index in [9.17, 15) is 9.59 Å². The number of hydrogen-bond acceptors (Lipinski definition) is 3. The molecule has 5 nitrogen and oxygen atoms in total. The van der Waals surface area contributed by atoms with E-state index in [1.54, 1.807) is 18.5 Å². The smallest absolute Gasteiger partial charge is 0.307 e. The maximum absolute atomic E-state index is 12.2. The van der Waals surface area contributed by atoms with Gasteiger partial charge in [0.15, 0.2) is 0 Å². The van der Waals surface area contributed by atoms with E-state index in [4.69, 9.17) is 5.11 Å². The first-order valence-electron chi connectivity index (χ1n) is 6.19. The Labute approximate surface area is 111 Å². The molecule has 1 heterocycles. The Morgan fingerprint density at radius 1 is 1.32 bits per heavy atom. The van der Waals surface area contributed by atoms with Crippen LogP contribution in [-0.2, 0) is 9.59 Å². The van der Waals surface area contributed by atoms with Crippen LogP contribution in [0, 0.1) is 18.8 Å². The first kappa shape index (κ1) is 13.3. The third-order valence-corrected chi connectivity index (χ3v) is 3.36. The predicted molar refractivity (Wildman–Crippen MR) is 70.6 cm³/mol. The van der Waals surface area contributed by atoms with E-state index in [0.717, 1.165) is 5.56 Å². The summed E-state index contributed by atoms with van der Waals surface area (Å²) < 4.78 is 0. The molecule has 1 aromatic rings. The normalized spacial score (nSPS) is 21.9. The van der Waals surface area contributed by atoms with Crippen LogP contribution in [0.5, 0.6) is 0 Å². The Kier molecular flexibility index (Phi) is 3.94. The van der Waals surface area contributed by atoms with Gasteiger partial charge in [0.1, 0.15) is 0 Å². The van der Waals surface area contributed by atoms with Gasteiger partial charge in [-0.2, -0.15) is 0 Å². The Morgan fingerprint density at radius 3 is 2.63 bits per heavy atom. The highest BCUT2D eigenvalue weighted by atomic mass is 16.4. The number of aryl methyl sites for hydroxylation is 1. The molecule has 1 aliphatic rings. The second-order valence-electron chi connectivity index (χ2n) is 4.67. The third kappa shape index (κ3) is 2.99. The number of carbonyl (C=O) groups excluding carboxylic acids is 1. The van der Waals surface area contributed by atoms with Crippen LogP contribution in [0.25, 0.3) is 0 Å². The van der Waals surface area contributed by atoms with Crippen LogP contribution in [-0.4, -0.2) is 22.0 Å². The maximum Gasteiger partial charge on any atom is 0.307 e. The Bertz CT molecular complexity index is 525.